The predicted molar refractivity (Wildman–Crippen MR) is 95.7 cm³/mol. The van der Waals surface area contributed by atoms with E-state index in [4.69, 9.17) is 9.47 Å². The zero-order valence-corrected chi connectivity index (χ0v) is 14.9. The first-order valence-electron chi connectivity index (χ1n) is 8.59. The van der Waals surface area contributed by atoms with E-state index in [1.165, 1.54) is 24.3 Å². The van der Waals surface area contributed by atoms with E-state index >= 15 is 0 Å². The summed E-state index contributed by atoms with van der Waals surface area (Å²) < 4.78 is 10.5. The minimum absolute atomic E-state index is 0.0261. The lowest BCUT2D eigenvalue weighted by Gasteiger charge is -2.39. The summed E-state index contributed by atoms with van der Waals surface area (Å²) in [5, 5.41) is 68.6. The van der Waals surface area contributed by atoms with Gasteiger partial charge in [0.15, 0.2) is 0 Å². The van der Waals surface area contributed by atoms with E-state index < -0.39 is 60.2 Å². The third-order valence-corrected chi connectivity index (χ3v) is 4.51. The van der Waals surface area contributed by atoms with Crippen molar-refractivity contribution in [1.29, 1.82) is 0 Å². The first-order valence-corrected chi connectivity index (χ1v) is 8.59. The van der Waals surface area contributed by atoms with E-state index in [0.717, 1.165) is 12.1 Å². The molecule has 1 aliphatic rings. The first kappa shape index (κ1) is 20.8. The van der Waals surface area contributed by atoms with Gasteiger partial charge in [0.1, 0.15) is 53.0 Å². The van der Waals surface area contributed by atoms with Crippen molar-refractivity contribution in [2.45, 2.75) is 30.7 Å². The molecule has 0 bridgehead atoms. The second-order valence-corrected chi connectivity index (χ2v) is 6.53. The smallest absolute Gasteiger partial charge is 0.229 e. The molecule has 1 aliphatic heterocycles. The lowest BCUT2D eigenvalue weighted by atomic mass is 9.99. The van der Waals surface area contributed by atoms with Crippen LogP contribution in [0.4, 0.5) is 0 Å². The van der Waals surface area contributed by atoms with Crippen LogP contribution in [0, 0.1) is 0 Å². The molecule has 2 aromatic carbocycles. The number of ketones is 1. The molecule has 0 spiro atoms. The standard InChI is InChI=1S/C19H20O10/c20-7-13-16(25)17(26)18(27)19(29-13)28-10-5-11(22)14(12(23)6-10)15(24)8-2-1-3-9(21)4-8/h1-6,13,16-23,25-27H,7H2/t13-,16-,17+,18-,19-/m1/s1. The Hall–Kier alpha value is -2.89. The van der Waals surface area contributed by atoms with Crippen LogP contribution in [0.1, 0.15) is 15.9 Å². The van der Waals surface area contributed by atoms with Crippen LogP contribution in [0.5, 0.6) is 23.0 Å². The van der Waals surface area contributed by atoms with Crippen molar-refractivity contribution in [1.82, 2.24) is 0 Å². The summed E-state index contributed by atoms with van der Waals surface area (Å²) in [6.45, 7) is -0.654. The van der Waals surface area contributed by atoms with Gasteiger partial charge in [0.25, 0.3) is 0 Å². The van der Waals surface area contributed by atoms with Crippen LogP contribution in [0.2, 0.25) is 0 Å². The molecular formula is C19H20O10. The van der Waals surface area contributed by atoms with Gasteiger partial charge in [0.2, 0.25) is 12.1 Å². The fraction of sp³-hybridized carbons (Fsp3) is 0.316. The average Bonchev–Trinajstić information content (AvgIpc) is 2.67. The van der Waals surface area contributed by atoms with Crippen molar-refractivity contribution < 1.29 is 50.0 Å². The summed E-state index contributed by atoms with van der Waals surface area (Å²) in [5.41, 5.74) is -0.407. The summed E-state index contributed by atoms with van der Waals surface area (Å²) in [4.78, 5) is 12.5. The highest BCUT2D eigenvalue weighted by atomic mass is 16.7. The average molecular weight is 408 g/mol. The third kappa shape index (κ3) is 4.11. The van der Waals surface area contributed by atoms with Crippen LogP contribution in [-0.4, -0.2) is 78.8 Å². The van der Waals surface area contributed by atoms with Crippen molar-refractivity contribution in [3.63, 3.8) is 0 Å². The Bertz CT molecular complexity index is 873. The van der Waals surface area contributed by atoms with Crippen LogP contribution in [-0.2, 0) is 4.74 Å². The molecule has 0 saturated carbocycles. The van der Waals surface area contributed by atoms with Crippen LogP contribution >= 0.6 is 0 Å². The Morgan fingerprint density at radius 3 is 2.21 bits per heavy atom. The van der Waals surface area contributed by atoms with E-state index in [1.54, 1.807) is 0 Å². The maximum atomic E-state index is 12.5. The zero-order valence-electron chi connectivity index (χ0n) is 14.9. The van der Waals surface area contributed by atoms with Gasteiger partial charge in [-0.05, 0) is 12.1 Å². The number of benzene rings is 2. The normalized spacial score (nSPS) is 26.8. The number of carbonyl (C=O) groups is 1. The molecule has 156 valence electrons. The Morgan fingerprint density at radius 1 is 0.966 bits per heavy atom. The number of hydrogen-bond acceptors (Lipinski definition) is 10. The molecular weight excluding hydrogens is 388 g/mol. The highest BCUT2D eigenvalue weighted by molar-refractivity contribution is 6.12. The van der Waals surface area contributed by atoms with Crippen LogP contribution in [0.25, 0.3) is 0 Å². The van der Waals surface area contributed by atoms with Gasteiger partial charge in [-0.1, -0.05) is 12.1 Å². The molecule has 2 aromatic rings. The Labute approximate surface area is 164 Å². The fourth-order valence-corrected chi connectivity index (χ4v) is 2.98. The number of rotatable bonds is 5. The molecule has 29 heavy (non-hydrogen) atoms. The van der Waals surface area contributed by atoms with Crippen molar-refractivity contribution >= 4 is 5.78 Å². The van der Waals surface area contributed by atoms with Gasteiger partial charge in [-0.2, -0.15) is 0 Å². The number of hydrogen-bond donors (Lipinski definition) is 7. The molecule has 3 rings (SSSR count). The maximum Gasteiger partial charge on any atom is 0.229 e. The Balaban J connectivity index is 1.85. The number of carbonyl (C=O) groups excluding carboxylic acids is 1. The predicted octanol–water partition coefficient (Wildman–Crippen LogP) is -0.787. The highest BCUT2D eigenvalue weighted by Gasteiger charge is 2.44. The number of aliphatic hydroxyl groups is 4. The quantitative estimate of drug-likeness (QED) is 0.310. The molecule has 0 amide bonds. The van der Waals surface area contributed by atoms with Crippen LogP contribution < -0.4 is 4.74 Å². The SMILES string of the molecule is O=C(c1cccc(O)c1)c1c(O)cc(O[C@@H]2O[C@H](CO)[C@@H](O)[C@H](O)[C@H]2O)cc1O. The van der Waals surface area contributed by atoms with Crippen molar-refractivity contribution in [2.75, 3.05) is 6.61 Å². The molecule has 5 atom stereocenters. The molecule has 1 fully saturated rings. The summed E-state index contributed by atoms with van der Waals surface area (Å²) in [6, 6.07) is 7.30. The van der Waals surface area contributed by atoms with Crippen molar-refractivity contribution in [3.8, 4) is 23.0 Å². The first-order chi connectivity index (χ1) is 13.7. The summed E-state index contributed by atoms with van der Waals surface area (Å²) in [5.74, 6) is -2.42. The second kappa shape index (κ2) is 8.23. The monoisotopic (exact) mass is 408 g/mol. The number of phenols is 3. The van der Waals surface area contributed by atoms with E-state index in [0.29, 0.717) is 0 Å². The van der Waals surface area contributed by atoms with Gasteiger partial charge in [-0.25, -0.2) is 0 Å². The van der Waals surface area contributed by atoms with Gasteiger partial charge < -0.3 is 45.2 Å². The van der Waals surface area contributed by atoms with E-state index in [1.807, 2.05) is 0 Å². The van der Waals surface area contributed by atoms with Crippen LogP contribution in [0.3, 0.4) is 0 Å². The molecule has 0 radical (unpaired) electrons. The minimum Gasteiger partial charge on any atom is -0.508 e. The summed E-state index contributed by atoms with van der Waals surface area (Å²) in [7, 11) is 0. The van der Waals surface area contributed by atoms with Gasteiger partial charge in [0, 0.05) is 17.7 Å². The van der Waals surface area contributed by atoms with Gasteiger partial charge in [-0.3, -0.25) is 4.79 Å². The largest absolute Gasteiger partial charge is 0.508 e. The molecule has 0 unspecified atom stereocenters. The number of ether oxygens (including phenoxy) is 2. The minimum atomic E-state index is -1.69. The summed E-state index contributed by atoms with van der Waals surface area (Å²) >= 11 is 0. The van der Waals surface area contributed by atoms with Crippen molar-refractivity contribution in [3.05, 3.63) is 47.5 Å². The van der Waals surface area contributed by atoms with E-state index in [2.05, 4.69) is 0 Å². The summed E-state index contributed by atoms with van der Waals surface area (Å²) in [6.07, 6.45) is -7.66. The molecule has 1 heterocycles. The number of phenolic OH excluding ortho intramolecular Hbond substituents is 3. The molecule has 10 nitrogen and oxygen atoms in total. The highest BCUT2D eigenvalue weighted by Crippen LogP contribution is 2.36. The van der Waals surface area contributed by atoms with Gasteiger partial charge in [-0.15, -0.1) is 0 Å². The lowest BCUT2D eigenvalue weighted by molar-refractivity contribution is -0.277. The molecule has 0 aliphatic carbocycles. The van der Waals surface area contributed by atoms with Crippen LogP contribution in [0.15, 0.2) is 36.4 Å². The number of aliphatic hydroxyl groups excluding tert-OH is 4. The second-order valence-electron chi connectivity index (χ2n) is 6.53. The molecule has 10 heteroatoms. The number of aromatic hydroxyl groups is 3. The third-order valence-electron chi connectivity index (χ3n) is 4.51. The molecule has 0 aromatic heterocycles. The lowest BCUT2D eigenvalue weighted by Crippen LogP contribution is -2.60. The Kier molecular flexibility index (Phi) is 5.91. The fourth-order valence-electron chi connectivity index (χ4n) is 2.98. The zero-order chi connectivity index (χ0) is 21.3. The van der Waals surface area contributed by atoms with E-state index in [-0.39, 0.29) is 17.1 Å². The maximum absolute atomic E-state index is 12.5. The van der Waals surface area contributed by atoms with Gasteiger partial charge in [0.05, 0.1) is 6.61 Å². The Morgan fingerprint density at radius 2 is 1.62 bits per heavy atom. The molecule has 7 N–H and O–H groups in total. The van der Waals surface area contributed by atoms with Crippen molar-refractivity contribution in [2.24, 2.45) is 0 Å². The van der Waals surface area contributed by atoms with E-state index in [9.17, 15) is 40.5 Å². The molecule has 1 saturated heterocycles. The topological polar surface area (TPSA) is 177 Å². The van der Waals surface area contributed by atoms with Gasteiger partial charge >= 0.3 is 0 Å².